The van der Waals surface area contributed by atoms with Crippen molar-refractivity contribution >= 4 is 27.7 Å². The zero-order valence-electron chi connectivity index (χ0n) is 10.8. The molecule has 0 spiro atoms. The quantitative estimate of drug-likeness (QED) is 0.827. The van der Waals surface area contributed by atoms with E-state index < -0.39 is 36.9 Å². The summed E-state index contributed by atoms with van der Waals surface area (Å²) >= 11 is 3.00. The molecule has 1 aromatic rings. The molecule has 0 aliphatic rings. The van der Waals surface area contributed by atoms with E-state index >= 15 is 0 Å². The molecular formula is C12H11BrF4N2O2. The first kappa shape index (κ1) is 17.4. The van der Waals surface area contributed by atoms with Gasteiger partial charge in [-0.2, -0.15) is 13.2 Å². The van der Waals surface area contributed by atoms with Crippen LogP contribution >= 0.6 is 15.9 Å². The molecule has 0 aliphatic carbocycles. The second-order valence-electron chi connectivity index (χ2n) is 4.15. The van der Waals surface area contributed by atoms with Crippen molar-refractivity contribution in [2.45, 2.75) is 6.18 Å². The van der Waals surface area contributed by atoms with Gasteiger partial charge in [-0.1, -0.05) is 6.07 Å². The molecule has 4 nitrogen and oxygen atoms in total. The van der Waals surface area contributed by atoms with Crippen LogP contribution in [0.5, 0.6) is 0 Å². The molecule has 0 heterocycles. The lowest BCUT2D eigenvalue weighted by Crippen LogP contribution is -2.42. The summed E-state index contributed by atoms with van der Waals surface area (Å²) < 4.78 is 49.6. The number of hydrogen-bond acceptors (Lipinski definition) is 2. The molecular weight excluding hydrogens is 360 g/mol. The van der Waals surface area contributed by atoms with Gasteiger partial charge in [0.05, 0.1) is 12.1 Å². The fraction of sp³-hybridized carbons (Fsp3) is 0.333. The molecule has 2 amide bonds. The second kappa shape index (κ2) is 6.88. The third kappa shape index (κ3) is 5.33. The lowest BCUT2D eigenvalue weighted by atomic mass is 10.2. The van der Waals surface area contributed by atoms with Gasteiger partial charge in [-0.3, -0.25) is 9.59 Å². The maximum absolute atomic E-state index is 13.6. The summed E-state index contributed by atoms with van der Waals surface area (Å²) in [6.45, 7) is -2.10. The summed E-state index contributed by atoms with van der Waals surface area (Å²) in [5, 5.41) is 1.63. The van der Waals surface area contributed by atoms with Crippen LogP contribution in [0.2, 0.25) is 0 Å². The first-order valence-corrected chi connectivity index (χ1v) is 6.44. The standard InChI is InChI=1S/C12H11BrF4N2O2/c1-19(5-9(20)18-6-12(15,16)17)11(21)10-7(13)3-2-4-8(10)14/h2-4H,5-6H2,1H3,(H,18,20). The number of likely N-dealkylation sites (N-methyl/N-ethyl adjacent to an activating group) is 1. The molecule has 0 unspecified atom stereocenters. The minimum atomic E-state index is -4.53. The van der Waals surface area contributed by atoms with Gasteiger partial charge in [-0.05, 0) is 28.1 Å². The minimum absolute atomic E-state index is 0.190. The number of rotatable bonds is 4. The van der Waals surface area contributed by atoms with E-state index in [0.29, 0.717) is 0 Å². The van der Waals surface area contributed by atoms with Crippen molar-refractivity contribution in [3.05, 3.63) is 34.1 Å². The summed E-state index contributed by atoms with van der Waals surface area (Å²) in [6.07, 6.45) is -4.53. The zero-order valence-corrected chi connectivity index (χ0v) is 12.4. The lowest BCUT2D eigenvalue weighted by Gasteiger charge is -2.18. The van der Waals surface area contributed by atoms with Crippen LogP contribution in [0.3, 0.4) is 0 Å². The second-order valence-corrected chi connectivity index (χ2v) is 5.00. The smallest absolute Gasteiger partial charge is 0.345 e. The molecule has 0 aliphatic heterocycles. The average Bonchev–Trinajstić information content (AvgIpc) is 2.35. The molecule has 116 valence electrons. The van der Waals surface area contributed by atoms with Crippen LogP contribution in [-0.4, -0.2) is 43.0 Å². The van der Waals surface area contributed by atoms with Crippen molar-refractivity contribution < 1.29 is 27.2 Å². The van der Waals surface area contributed by atoms with E-state index in [2.05, 4.69) is 15.9 Å². The fourth-order valence-corrected chi connectivity index (χ4v) is 1.95. The third-order valence-corrected chi connectivity index (χ3v) is 3.05. The highest BCUT2D eigenvalue weighted by Gasteiger charge is 2.28. The summed E-state index contributed by atoms with van der Waals surface area (Å²) in [5.41, 5.74) is -0.288. The Morgan fingerprint density at radius 3 is 2.48 bits per heavy atom. The highest BCUT2D eigenvalue weighted by Crippen LogP contribution is 2.21. The van der Waals surface area contributed by atoms with Crippen molar-refractivity contribution in [2.24, 2.45) is 0 Å². The average molecular weight is 371 g/mol. The first-order chi connectivity index (χ1) is 9.61. The number of alkyl halides is 3. The van der Waals surface area contributed by atoms with Crippen LogP contribution in [-0.2, 0) is 4.79 Å². The number of hydrogen-bond donors (Lipinski definition) is 1. The van der Waals surface area contributed by atoms with Gasteiger partial charge in [0, 0.05) is 11.5 Å². The monoisotopic (exact) mass is 370 g/mol. The first-order valence-electron chi connectivity index (χ1n) is 5.64. The van der Waals surface area contributed by atoms with E-state index in [9.17, 15) is 27.2 Å². The van der Waals surface area contributed by atoms with Crippen LogP contribution in [0.15, 0.2) is 22.7 Å². The van der Waals surface area contributed by atoms with E-state index in [4.69, 9.17) is 0 Å². The van der Waals surface area contributed by atoms with Gasteiger partial charge in [0.15, 0.2) is 0 Å². The van der Waals surface area contributed by atoms with Gasteiger partial charge in [-0.15, -0.1) is 0 Å². The molecule has 0 aromatic heterocycles. The largest absolute Gasteiger partial charge is 0.405 e. The Kier molecular flexibility index (Phi) is 5.70. The number of carbonyl (C=O) groups is 2. The molecule has 9 heteroatoms. The Balaban J connectivity index is 2.69. The summed E-state index contributed by atoms with van der Waals surface area (Å²) in [4.78, 5) is 24.1. The number of nitrogens with zero attached hydrogens (tertiary/aromatic N) is 1. The van der Waals surface area contributed by atoms with Crippen molar-refractivity contribution in [3.8, 4) is 0 Å². The Morgan fingerprint density at radius 1 is 1.33 bits per heavy atom. The maximum Gasteiger partial charge on any atom is 0.405 e. The van der Waals surface area contributed by atoms with Gasteiger partial charge in [0.2, 0.25) is 5.91 Å². The van der Waals surface area contributed by atoms with Crippen molar-refractivity contribution in [1.29, 1.82) is 0 Å². The van der Waals surface area contributed by atoms with Gasteiger partial charge in [-0.25, -0.2) is 4.39 Å². The Morgan fingerprint density at radius 2 is 1.95 bits per heavy atom. The van der Waals surface area contributed by atoms with Crippen LogP contribution in [0, 0.1) is 5.82 Å². The van der Waals surface area contributed by atoms with E-state index in [1.807, 2.05) is 0 Å². The molecule has 1 aromatic carbocycles. The van der Waals surface area contributed by atoms with E-state index in [1.165, 1.54) is 19.2 Å². The van der Waals surface area contributed by atoms with Crippen LogP contribution in [0.4, 0.5) is 17.6 Å². The molecule has 0 radical (unpaired) electrons. The SMILES string of the molecule is CN(CC(=O)NCC(F)(F)F)C(=O)c1c(F)cccc1Br. The van der Waals surface area contributed by atoms with Gasteiger partial charge in [0.1, 0.15) is 12.4 Å². The van der Waals surface area contributed by atoms with E-state index in [1.54, 1.807) is 5.32 Å². The van der Waals surface area contributed by atoms with Crippen molar-refractivity contribution in [1.82, 2.24) is 10.2 Å². The molecule has 0 saturated heterocycles. The van der Waals surface area contributed by atoms with Gasteiger partial charge >= 0.3 is 6.18 Å². The number of halogens is 5. The summed E-state index contributed by atoms with van der Waals surface area (Å²) in [6, 6.07) is 3.88. The lowest BCUT2D eigenvalue weighted by molar-refractivity contribution is -0.138. The molecule has 1 rings (SSSR count). The Hall–Kier alpha value is -1.64. The maximum atomic E-state index is 13.6. The summed E-state index contributed by atoms with van der Waals surface area (Å²) in [7, 11) is 1.19. The normalized spacial score (nSPS) is 11.1. The molecule has 1 N–H and O–H groups in total. The van der Waals surface area contributed by atoms with Crippen LogP contribution in [0.1, 0.15) is 10.4 Å². The van der Waals surface area contributed by atoms with Crippen LogP contribution < -0.4 is 5.32 Å². The predicted molar refractivity (Wildman–Crippen MR) is 70.1 cm³/mol. The third-order valence-electron chi connectivity index (χ3n) is 2.39. The highest BCUT2D eigenvalue weighted by molar-refractivity contribution is 9.10. The van der Waals surface area contributed by atoms with Gasteiger partial charge in [0.25, 0.3) is 5.91 Å². The summed E-state index contributed by atoms with van der Waals surface area (Å²) in [5.74, 6) is -2.60. The molecule has 21 heavy (non-hydrogen) atoms. The van der Waals surface area contributed by atoms with Crippen molar-refractivity contribution in [2.75, 3.05) is 20.1 Å². The zero-order chi connectivity index (χ0) is 16.2. The molecule has 0 atom stereocenters. The Labute approximate surface area is 126 Å². The topological polar surface area (TPSA) is 49.4 Å². The van der Waals surface area contributed by atoms with E-state index in [-0.39, 0.29) is 10.0 Å². The minimum Gasteiger partial charge on any atom is -0.345 e. The number of carbonyl (C=O) groups excluding carboxylic acids is 2. The van der Waals surface area contributed by atoms with Gasteiger partial charge < -0.3 is 10.2 Å². The Bertz CT molecular complexity index is 528. The highest BCUT2D eigenvalue weighted by atomic mass is 79.9. The molecule has 0 fully saturated rings. The predicted octanol–water partition coefficient (Wildman–Crippen LogP) is 2.34. The molecule has 0 saturated carbocycles. The number of nitrogens with one attached hydrogen (secondary N) is 1. The number of benzene rings is 1. The van der Waals surface area contributed by atoms with Crippen LogP contribution in [0.25, 0.3) is 0 Å². The molecule has 0 bridgehead atoms. The van der Waals surface area contributed by atoms with Crippen molar-refractivity contribution in [3.63, 3.8) is 0 Å². The number of amides is 2. The van der Waals surface area contributed by atoms with E-state index in [0.717, 1.165) is 11.0 Å². The fourth-order valence-electron chi connectivity index (χ4n) is 1.43.